The van der Waals surface area contributed by atoms with E-state index >= 15 is 0 Å². The van der Waals surface area contributed by atoms with Gasteiger partial charge in [-0.15, -0.1) is 0 Å². The van der Waals surface area contributed by atoms with Gasteiger partial charge in [0.2, 0.25) is 12.1 Å². The highest BCUT2D eigenvalue weighted by Crippen LogP contribution is 2.21. The number of oxazole rings is 1. The highest BCUT2D eigenvalue weighted by molar-refractivity contribution is 5.92. The summed E-state index contributed by atoms with van der Waals surface area (Å²) in [4.78, 5) is 31.0. The fourth-order valence-corrected chi connectivity index (χ4v) is 3.76. The molecule has 166 valence electrons. The first kappa shape index (κ1) is 21.7. The number of aromatic nitrogens is 1. The van der Waals surface area contributed by atoms with Crippen LogP contribution < -0.4 is 5.32 Å². The first-order chi connectivity index (χ1) is 15.6. The monoisotopic (exact) mass is 435 g/mol. The molecule has 6 nitrogen and oxygen atoms in total. The van der Waals surface area contributed by atoms with Crippen LogP contribution in [-0.2, 0) is 11.3 Å². The first-order valence-corrected chi connectivity index (χ1v) is 10.9. The van der Waals surface area contributed by atoms with Crippen molar-refractivity contribution in [2.24, 2.45) is 0 Å². The molecule has 0 bridgehead atoms. The number of benzene rings is 2. The molecule has 2 aromatic carbocycles. The number of nitrogens with zero attached hydrogens (tertiary/aromatic N) is 2. The minimum Gasteiger partial charge on any atom is -0.444 e. The third-order valence-corrected chi connectivity index (χ3v) is 5.61. The van der Waals surface area contributed by atoms with Crippen LogP contribution in [0.2, 0.25) is 0 Å². The summed E-state index contributed by atoms with van der Waals surface area (Å²) in [5, 5.41) is 2.61. The van der Waals surface area contributed by atoms with Crippen molar-refractivity contribution >= 4 is 11.8 Å². The summed E-state index contributed by atoms with van der Waals surface area (Å²) < 4.78 is 19.8. The van der Waals surface area contributed by atoms with Crippen molar-refractivity contribution in [2.75, 3.05) is 13.1 Å². The molecular weight excluding hydrogens is 409 g/mol. The van der Waals surface area contributed by atoms with Crippen molar-refractivity contribution in [1.82, 2.24) is 15.2 Å². The van der Waals surface area contributed by atoms with Gasteiger partial charge in [0.05, 0.1) is 0 Å². The largest absolute Gasteiger partial charge is 0.444 e. The Morgan fingerprint density at radius 3 is 2.38 bits per heavy atom. The van der Waals surface area contributed by atoms with E-state index in [1.54, 1.807) is 42.5 Å². The average molecular weight is 435 g/mol. The van der Waals surface area contributed by atoms with E-state index in [0.717, 1.165) is 49.9 Å². The number of carbonyl (C=O) groups is 2. The Labute approximate surface area is 186 Å². The van der Waals surface area contributed by atoms with Gasteiger partial charge < -0.3 is 14.6 Å². The van der Waals surface area contributed by atoms with E-state index in [0.29, 0.717) is 17.1 Å². The maximum Gasteiger partial charge on any atom is 0.275 e. The van der Waals surface area contributed by atoms with Crippen molar-refractivity contribution in [3.05, 3.63) is 77.7 Å². The first-order valence-electron chi connectivity index (χ1n) is 10.9. The highest BCUT2D eigenvalue weighted by atomic mass is 19.1. The van der Waals surface area contributed by atoms with Crippen molar-refractivity contribution in [2.45, 2.75) is 38.4 Å². The van der Waals surface area contributed by atoms with Gasteiger partial charge in [-0.2, -0.15) is 0 Å². The number of rotatable bonds is 6. The zero-order chi connectivity index (χ0) is 22.3. The minimum absolute atomic E-state index is 0.0968. The van der Waals surface area contributed by atoms with Crippen LogP contribution in [-0.4, -0.2) is 34.8 Å². The van der Waals surface area contributed by atoms with Crippen LogP contribution in [0.3, 0.4) is 0 Å². The van der Waals surface area contributed by atoms with Crippen LogP contribution in [0.1, 0.15) is 53.5 Å². The van der Waals surface area contributed by atoms with Crippen LogP contribution in [0.5, 0.6) is 0 Å². The van der Waals surface area contributed by atoms with E-state index in [2.05, 4.69) is 10.3 Å². The van der Waals surface area contributed by atoms with E-state index in [1.165, 1.54) is 6.26 Å². The maximum absolute atomic E-state index is 14.3. The Kier molecular flexibility index (Phi) is 6.94. The Bertz CT molecular complexity index is 1040. The van der Waals surface area contributed by atoms with Gasteiger partial charge in [-0.05, 0) is 36.1 Å². The standard InChI is InChI=1S/C25H26FN3O3/c26-22(19-8-4-3-5-9-19)23(30)27-16-18-10-12-20(13-11-18)24-28-21(17-32-24)25(31)29-14-6-1-2-7-15-29/h3-5,8-13,17,22H,1-2,6-7,14-16H2,(H,27,30). The fraction of sp³-hybridized carbons (Fsp3) is 0.320. The van der Waals surface area contributed by atoms with Gasteiger partial charge >= 0.3 is 0 Å². The summed E-state index contributed by atoms with van der Waals surface area (Å²) >= 11 is 0. The van der Waals surface area contributed by atoms with Gasteiger partial charge in [0, 0.05) is 25.2 Å². The summed E-state index contributed by atoms with van der Waals surface area (Å²) in [6, 6.07) is 15.6. The van der Waals surface area contributed by atoms with E-state index in [1.807, 2.05) is 17.0 Å². The summed E-state index contributed by atoms with van der Waals surface area (Å²) in [6.07, 6.45) is 4.04. The third-order valence-electron chi connectivity index (χ3n) is 5.61. The molecule has 0 spiro atoms. The number of likely N-dealkylation sites (tertiary alicyclic amines) is 1. The second-order valence-corrected chi connectivity index (χ2v) is 7.93. The SMILES string of the molecule is O=C(NCc1ccc(-c2nc(C(=O)N3CCCCCC3)co2)cc1)C(F)c1ccccc1. The lowest BCUT2D eigenvalue weighted by Crippen LogP contribution is -2.32. The van der Waals surface area contributed by atoms with E-state index < -0.39 is 12.1 Å². The third kappa shape index (κ3) is 5.22. The Morgan fingerprint density at radius 2 is 1.69 bits per heavy atom. The molecule has 1 N–H and O–H groups in total. The Hall–Kier alpha value is -3.48. The van der Waals surface area contributed by atoms with Crippen LogP contribution in [0.25, 0.3) is 11.5 Å². The molecule has 2 amide bonds. The molecule has 4 rings (SSSR count). The molecular formula is C25H26FN3O3. The fourth-order valence-electron chi connectivity index (χ4n) is 3.76. The Balaban J connectivity index is 1.34. The average Bonchev–Trinajstić information content (AvgIpc) is 3.18. The zero-order valence-electron chi connectivity index (χ0n) is 17.8. The van der Waals surface area contributed by atoms with Gasteiger partial charge in [-0.25, -0.2) is 9.37 Å². The number of amides is 2. The van der Waals surface area contributed by atoms with Crippen molar-refractivity contribution in [3.63, 3.8) is 0 Å². The van der Waals surface area contributed by atoms with E-state index in [-0.39, 0.29) is 12.5 Å². The van der Waals surface area contributed by atoms with Gasteiger partial charge in [-0.1, -0.05) is 55.3 Å². The number of carbonyl (C=O) groups excluding carboxylic acids is 2. The van der Waals surface area contributed by atoms with Crippen LogP contribution >= 0.6 is 0 Å². The lowest BCUT2D eigenvalue weighted by Gasteiger charge is -2.18. The normalized spacial score (nSPS) is 15.1. The number of hydrogen-bond donors (Lipinski definition) is 1. The molecule has 7 heteroatoms. The van der Waals surface area contributed by atoms with Crippen LogP contribution in [0.4, 0.5) is 4.39 Å². The predicted octanol–water partition coefficient (Wildman–Crippen LogP) is 4.68. The quantitative estimate of drug-likeness (QED) is 0.610. The van der Waals surface area contributed by atoms with E-state index in [4.69, 9.17) is 4.42 Å². The van der Waals surface area contributed by atoms with Gasteiger partial charge in [0.15, 0.2) is 5.69 Å². The summed E-state index contributed by atoms with van der Waals surface area (Å²) in [5.41, 5.74) is 2.18. The molecule has 0 radical (unpaired) electrons. The van der Waals surface area contributed by atoms with Crippen molar-refractivity contribution in [1.29, 1.82) is 0 Å². The lowest BCUT2D eigenvalue weighted by atomic mass is 10.1. The summed E-state index contributed by atoms with van der Waals surface area (Å²) in [5.74, 6) is -0.406. The van der Waals surface area contributed by atoms with Gasteiger partial charge in [-0.3, -0.25) is 9.59 Å². The highest BCUT2D eigenvalue weighted by Gasteiger charge is 2.21. The predicted molar refractivity (Wildman–Crippen MR) is 118 cm³/mol. The molecule has 0 saturated carbocycles. The molecule has 1 aliphatic heterocycles. The second-order valence-electron chi connectivity index (χ2n) is 7.93. The van der Waals surface area contributed by atoms with Gasteiger partial charge in [0.25, 0.3) is 11.8 Å². The summed E-state index contributed by atoms with van der Waals surface area (Å²) in [6.45, 7) is 1.72. The zero-order valence-corrected chi connectivity index (χ0v) is 17.8. The van der Waals surface area contributed by atoms with Gasteiger partial charge in [0.1, 0.15) is 6.26 Å². The Morgan fingerprint density at radius 1 is 1.00 bits per heavy atom. The maximum atomic E-state index is 14.3. The topological polar surface area (TPSA) is 75.4 Å². The molecule has 1 atom stereocenters. The molecule has 3 aromatic rings. The molecule has 1 unspecified atom stereocenters. The second kappa shape index (κ2) is 10.2. The molecule has 32 heavy (non-hydrogen) atoms. The molecule has 1 aromatic heterocycles. The molecule has 1 fully saturated rings. The summed E-state index contributed by atoms with van der Waals surface area (Å²) in [7, 11) is 0. The number of hydrogen-bond acceptors (Lipinski definition) is 4. The van der Waals surface area contributed by atoms with Crippen LogP contribution in [0.15, 0.2) is 65.3 Å². The molecule has 1 saturated heterocycles. The molecule has 2 heterocycles. The number of alkyl halides is 1. The lowest BCUT2D eigenvalue weighted by molar-refractivity contribution is -0.126. The minimum atomic E-state index is -1.71. The van der Waals surface area contributed by atoms with Crippen molar-refractivity contribution < 1.29 is 18.4 Å². The molecule has 1 aliphatic rings. The number of nitrogens with one attached hydrogen (secondary N) is 1. The van der Waals surface area contributed by atoms with Crippen LogP contribution in [0, 0.1) is 0 Å². The number of halogens is 1. The van der Waals surface area contributed by atoms with Crippen molar-refractivity contribution in [3.8, 4) is 11.5 Å². The molecule has 0 aliphatic carbocycles. The smallest absolute Gasteiger partial charge is 0.275 e. The van der Waals surface area contributed by atoms with E-state index in [9.17, 15) is 14.0 Å².